The van der Waals surface area contributed by atoms with Gasteiger partial charge in [0.2, 0.25) is 0 Å². The van der Waals surface area contributed by atoms with Crippen LogP contribution in [0, 0.1) is 0 Å². The number of carbonyl (C=O) groups is 2. The third kappa shape index (κ3) is 8.00. The first-order chi connectivity index (χ1) is 12.5. The summed E-state index contributed by atoms with van der Waals surface area (Å²) in [5, 5.41) is 6.45. The van der Waals surface area contributed by atoms with Gasteiger partial charge in [0.15, 0.2) is 5.96 Å². The van der Waals surface area contributed by atoms with Crippen molar-refractivity contribution >= 4 is 17.8 Å². The van der Waals surface area contributed by atoms with Crippen LogP contribution < -0.4 is 10.6 Å². The highest BCUT2D eigenvalue weighted by molar-refractivity contribution is 5.93. The zero-order valence-electron chi connectivity index (χ0n) is 16.2. The van der Waals surface area contributed by atoms with Gasteiger partial charge in [-0.05, 0) is 37.5 Å². The van der Waals surface area contributed by atoms with Gasteiger partial charge < -0.3 is 20.3 Å². The first-order valence-electron chi connectivity index (χ1n) is 8.87. The van der Waals surface area contributed by atoms with Gasteiger partial charge in [0.25, 0.3) is 5.91 Å². The third-order valence-electron chi connectivity index (χ3n) is 3.70. The highest BCUT2D eigenvalue weighted by atomic mass is 16.5. The van der Waals surface area contributed by atoms with Gasteiger partial charge in [0, 0.05) is 39.2 Å². The van der Waals surface area contributed by atoms with Crippen molar-refractivity contribution in [3.05, 3.63) is 35.4 Å². The van der Waals surface area contributed by atoms with Gasteiger partial charge in [0.1, 0.15) is 0 Å². The summed E-state index contributed by atoms with van der Waals surface area (Å²) in [6.45, 7) is 4.04. The van der Waals surface area contributed by atoms with Crippen molar-refractivity contribution in [3.8, 4) is 0 Å². The number of carbonyl (C=O) groups excluding carboxylic acids is 2. The summed E-state index contributed by atoms with van der Waals surface area (Å²) in [6, 6.07) is 7.47. The molecule has 144 valence electrons. The minimum Gasteiger partial charge on any atom is -0.469 e. The van der Waals surface area contributed by atoms with Gasteiger partial charge in [-0.3, -0.25) is 9.59 Å². The van der Waals surface area contributed by atoms with Crippen LogP contribution in [0.1, 0.15) is 42.1 Å². The number of nitrogens with zero attached hydrogens (tertiary/aromatic N) is 2. The summed E-state index contributed by atoms with van der Waals surface area (Å²) < 4.78 is 4.62. The number of hydrogen-bond donors (Lipinski definition) is 2. The fourth-order valence-electron chi connectivity index (χ4n) is 2.23. The molecule has 0 atom stereocenters. The van der Waals surface area contributed by atoms with Crippen molar-refractivity contribution in [2.24, 2.45) is 4.99 Å². The number of unbranched alkanes of at least 4 members (excludes halogenated alkanes) is 1. The van der Waals surface area contributed by atoms with Gasteiger partial charge in [-0.25, -0.2) is 4.99 Å². The summed E-state index contributed by atoms with van der Waals surface area (Å²) in [5.41, 5.74) is 1.70. The Kier molecular flexibility index (Phi) is 9.82. The molecule has 2 N–H and O–H groups in total. The normalized spacial score (nSPS) is 11.0. The fourth-order valence-corrected chi connectivity index (χ4v) is 2.23. The highest BCUT2D eigenvalue weighted by Gasteiger charge is 2.07. The second kappa shape index (κ2) is 11.9. The summed E-state index contributed by atoms with van der Waals surface area (Å²) >= 11 is 0. The Balaban J connectivity index is 2.50. The average Bonchev–Trinajstić information content (AvgIpc) is 2.65. The molecule has 1 rings (SSSR count). The SMILES string of the molecule is CCNC(=NCc1ccc(C(=O)N(C)C)cc1)NCCCCC(=O)OC. The zero-order valence-corrected chi connectivity index (χ0v) is 16.2. The molecular formula is C19H30N4O3. The molecule has 0 saturated carbocycles. The van der Waals surface area contributed by atoms with Crippen LogP contribution in [0.4, 0.5) is 0 Å². The molecule has 7 nitrogen and oxygen atoms in total. The number of benzene rings is 1. The van der Waals surface area contributed by atoms with Gasteiger partial charge >= 0.3 is 5.97 Å². The number of aliphatic imine (C=N–C) groups is 1. The van der Waals surface area contributed by atoms with E-state index in [0.29, 0.717) is 18.5 Å². The molecule has 0 aromatic heterocycles. The van der Waals surface area contributed by atoms with Crippen LogP contribution in [0.5, 0.6) is 0 Å². The Morgan fingerprint density at radius 2 is 1.81 bits per heavy atom. The summed E-state index contributed by atoms with van der Waals surface area (Å²) in [7, 11) is 4.87. The monoisotopic (exact) mass is 362 g/mol. The van der Waals surface area contributed by atoms with E-state index in [2.05, 4.69) is 20.4 Å². The molecule has 0 unspecified atom stereocenters. The lowest BCUT2D eigenvalue weighted by Gasteiger charge is -2.12. The van der Waals surface area contributed by atoms with Crippen LogP contribution in [0.2, 0.25) is 0 Å². The van der Waals surface area contributed by atoms with Crippen molar-refractivity contribution < 1.29 is 14.3 Å². The smallest absolute Gasteiger partial charge is 0.305 e. The van der Waals surface area contributed by atoms with Crippen LogP contribution in [-0.4, -0.2) is 57.0 Å². The minimum atomic E-state index is -0.179. The predicted molar refractivity (Wildman–Crippen MR) is 103 cm³/mol. The molecule has 1 aromatic carbocycles. The van der Waals surface area contributed by atoms with E-state index in [-0.39, 0.29) is 11.9 Å². The van der Waals surface area contributed by atoms with Crippen LogP contribution in [0.25, 0.3) is 0 Å². The molecule has 0 fully saturated rings. The first-order valence-corrected chi connectivity index (χ1v) is 8.87. The molecular weight excluding hydrogens is 332 g/mol. The van der Waals surface area contributed by atoms with Gasteiger partial charge in [-0.2, -0.15) is 0 Å². The van der Waals surface area contributed by atoms with Crippen LogP contribution >= 0.6 is 0 Å². The lowest BCUT2D eigenvalue weighted by molar-refractivity contribution is -0.140. The highest BCUT2D eigenvalue weighted by Crippen LogP contribution is 2.07. The molecule has 0 bridgehead atoms. The Morgan fingerprint density at radius 3 is 2.38 bits per heavy atom. The van der Waals surface area contributed by atoms with Crippen molar-refractivity contribution in [1.82, 2.24) is 15.5 Å². The van der Waals surface area contributed by atoms with E-state index in [4.69, 9.17) is 0 Å². The van der Waals surface area contributed by atoms with Gasteiger partial charge in [0.05, 0.1) is 13.7 Å². The first kappa shape index (κ1) is 21.5. The van der Waals surface area contributed by atoms with E-state index in [1.54, 1.807) is 19.0 Å². The Bertz CT molecular complexity index is 597. The minimum absolute atomic E-state index is 0.0120. The molecule has 0 aliphatic heterocycles. The molecule has 1 amide bonds. The Morgan fingerprint density at radius 1 is 1.12 bits per heavy atom. The molecule has 0 heterocycles. The number of methoxy groups -OCH3 is 1. The number of rotatable bonds is 9. The fraction of sp³-hybridized carbons (Fsp3) is 0.526. The predicted octanol–water partition coefficient (Wildman–Crippen LogP) is 1.79. The number of guanidine groups is 1. The summed E-state index contributed by atoms with van der Waals surface area (Å²) in [4.78, 5) is 29.1. The molecule has 1 aromatic rings. The van der Waals surface area contributed by atoms with E-state index < -0.39 is 0 Å². The molecule has 0 saturated heterocycles. The largest absolute Gasteiger partial charge is 0.469 e. The number of hydrogen-bond acceptors (Lipinski definition) is 4. The Hall–Kier alpha value is -2.57. The summed E-state index contributed by atoms with van der Waals surface area (Å²) in [5.74, 6) is 0.544. The average molecular weight is 362 g/mol. The second-order valence-electron chi connectivity index (χ2n) is 6.05. The molecule has 7 heteroatoms. The van der Waals surface area contributed by atoms with Crippen molar-refractivity contribution in [1.29, 1.82) is 0 Å². The molecule has 0 aliphatic carbocycles. The Labute approximate surface area is 155 Å². The van der Waals surface area contributed by atoms with Gasteiger partial charge in [-0.1, -0.05) is 12.1 Å². The van der Waals surface area contributed by atoms with E-state index in [1.165, 1.54) is 7.11 Å². The third-order valence-corrected chi connectivity index (χ3v) is 3.70. The second-order valence-corrected chi connectivity index (χ2v) is 6.05. The number of esters is 1. The van der Waals surface area contributed by atoms with Crippen LogP contribution in [0.3, 0.4) is 0 Å². The van der Waals surface area contributed by atoms with Gasteiger partial charge in [-0.15, -0.1) is 0 Å². The number of amides is 1. The van der Waals surface area contributed by atoms with Crippen LogP contribution in [-0.2, 0) is 16.1 Å². The molecule has 0 aliphatic rings. The maximum Gasteiger partial charge on any atom is 0.305 e. The standard InChI is InChI=1S/C19H30N4O3/c1-5-20-19(21-13-7-6-8-17(24)26-4)22-14-15-9-11-16(12-10-15)18(25)23(2)3/h9-12H,5-8,13-14H2,1-4H3,(H2,20,21,22). The van der Waals surface area contributed by atoms with Crippen molar-refractivity contribution in [3.63, 3.8) is 0 Å². The maximum atomic E-state index is 11.9. The topological polar surface area (TPSA) is 83.0 Å². The quantitative estimate of drug-likeness (QED) is 0.303. The molecule has 0 spiro atoms. The molecule has 26 heavy (non-hydrogen) atoms. The molecule has 0 radical (unpaired) electrons. The number of nitrogens with one attached hydrogen (secondary N) is 2. The summed E-state index contributed by atoms with van der Waals surface area (Å²) in [6.07, 6.45) is 2.07. The van der Waals surface area contributed by atoms with Crippen molar-refractivity contribution in [2.45, 2.75) is 32.7 Å². The lowest BCUT2D eigenvalue weighted by atomic mass is 10.1. The lowest BCUT2D eigenvalue weighted by Crippen LogP contribution is -2.37. The van der Waals surface area contributed by atoms with E-state index in [1.807, 2.05) is 31.2 Å². The maximum absolute atomic E-state index is 11.9. The van der Waals surface area contributed by atoms with E-state index >= 15 is 0 Å². The van der Waals surface area contributed by atoms with E-state index in [0.717, 1.165) is 37.5 Å². The number of ether oxygens (including phenoxy) is 1. The van der Waals surface area contributed by atoms with Crippen molar-refractivity contribution in [2.75, 3.05) is 34.3 Å². The van der Waals surface area contributed by atoms with E-state index in [9.17, 15) is 9.59 Å². The zero-order chi connectivity index (χ0) is 19.4. The van der Waals surface area contributed by atoms with Crippen LogP contribution in [0.15, 0.2) is 29.3 Å².